The van der Waals surface area contributed by atoms with Gasteiger partial charge in [-0.15, -0.1) is 6.58 Å². The molecule has 0 aromatic heterocycles. The monoisotopic (exact) mass is 242 g/mol. The van der Waals surface area contributed by atoms with Gasteiger partial charge >= 0.3 is 6.09 Å². The SMILES string of the molecule is C=CCNC(=O)CCCNC(=O)OC(C)(C)C. The molecule has 5 nitrogen and oxygen atoms in total. The van der Waals surface area contributed by atoms with Gasteiger partial charge in [-0.1, -0.05) is 6.08 Å². The molecule has 0 bridgehead atoms. The van der Waals surface area contributed by atoms with Crippen LogP contribution in [0, 0.1) is 0 Å². The minimum atomic E-state index is -0.495. The lowest BCUT2D eigenvalue weighted by Crippen LogP contribution is -2.33. The van der Waals surface area contributed by atoms with Crippen molar-refractivity contribution in [3.8, 4) is 0 Å². The molecule has 0 rings (SSSR count). The van der Waals surface area contributed by atoms with Crippen LogP contribution in [-0.4, -0.2) is 30.7 Å². The molecule has 0 fully saturated rings. The van der Waals surface area contributed by atoms with Gasteiger partial charge in [-0.05, 0) is 27.2 Å². The standard InChI is InChI=1S/C12H22N2O3/c1-5-8-13-10(15)7-6-9-14-11(16)17-12(2,3)4/h5H,1,6-9H2,2-4H3,(H,13,15)(H,14,16). The van der Waals surface area contributed by atoms with Crippen LogP contribution in [0.25, 0.3) is 0 Å². The van der Waals surface area contributed by atoms with E-state index in [-0.39, 0.29) is 5.91 Å². The summed E-state index contributed by atoms with van der Waals surface area (Å²) in [6, 6.07) is 0. The Morgan fingerprint density at radius 3 is 2.47 bits per heavy atom. The van der Waals surface area contributed by atoms with Crippen molar-refractivity contribution in [1.29, 1.82) is 0 Å². The Kier molecular flexibility index (Phi) is 7.02. The van der Waals surface area contributed by atoms with Crippen molar-refractivity contribution in [2.75, 3.05) is 13.1 Å². The molecule has 2 N–H and O–H groups in total. The molecule has 0 unspecified atom stereocenters. The summed E-state index contributed by atoms with van der Waals surface area (Å²) in [6.07, 6.45) is 2.13. The lowest BCUT2D eigenvalue weighted by Gasteiger charge is -2.19. The van der Waals surface area contributed by atoms with Gasteiger partial charge in [0.1, 0.15) is 5.60 Å². The van der Waals surface area contributed by atoms with E-state index in [2.05, 4.69) is 17.2 Å². The number of hydrogen-bond donors (Lipinski definition) is 2. The molecule has 2 amide bonds. The molecule has 0 radical (unpaired) electrons. The Hall–Kier alpha value is -1.52. The van der Waals surface area contributed by atoms with E-state index in [1.54, 1.807) is 26.8 Å². The van der Waals surface area contributed by atoms with E-state index in [9.17, 15) is 9.59 Å². The molecule has 98 valence electrons. The molecule has 0 aliphatic heterocycles. The van der Waals surface area contributed by atoms with E-state index >= 15 is 0 Å². The highest BCUT2D eigenvalue weighted by atomic mass is 16.6. The molecule has 0 spiro atoms. The van der Waals surface area contributed by atoms with Crippen molar-refractivity contribution in [3.63, 3.8) is 0 Å². The van der Waals surface area contributed by atoms with Crippen molar-refractivity contribution in [3.05, 3.63) is 12.7 Å². The maximum absolute atomic E-state index is 11.2. The maximum Gasteiger partial charge on any atom is 0.407 e. The van der Waals surface area contributed by atoms with Gasteiger partial charge in [0.25, 0.3) is 0 Å². The van der Waals surface area contributed by atoms with Crippen LogP contribution in [0.4, 0.5) is 4.79 Å². The molecule has 5 heteroatoms. The molecular formula is C12H22N2O3. The summed E-state index contributed by atoms with van der Waals surface area (Å²) >= 11 is 0. The van der Waals surface area contributed by atoms with Gasteiger partial charge < -0.3 is 15.4 Å². The van der Waals surface area contributed by atoms with Crippen LogP contribution < -0.4 is 10.6 Å². The fraction of sp³-hybridized carbons (Fsp3) is 0.667. The number of ether oxygens (including phenoxy) is 1. The Balaban J connectivity index is 3.54. The molecule has 0 aromatic carbocycles. The highest BCUT2D eigenvalue weighted by Gasteiger charge is 2.15. The van der Waals surface area contributed by atoms with Crippen molar-refractivity contribution in [2.45, 2.75) is 39.2 Å². The number of nitrogens with one attached hydrogen (secondary N) is 2. The Labute approximate surface area is 103 Å². The maximum atomic E-state index is 11.2. The van der Waals surface area contributed by atoms with Crippen molar-refractivity contribution >= 4 is 12.0 Å². The fourth-order valence-corrected chi connectivity index (χ4v) is 1.03. The highest BCUT2D eigenvalue weighted by Crippen LogP contribution is 2.06. The van der Waals surface area contributed by atoms with Gasteiger partial charge in [-0.3, -0.25) is 4.79 Å². The second kappa shape index (κ2) is 7.70. The molecule has 0 saturated heterocycles. The van der Waals surface area contributed by atoms with Crippen LogP contribution in [0.15, 0.2) is 12.7 Å². The topological polar surface area (TPSA) is 67.4 Å². The van der Waals surface area contributed by atoms with Gasteiger partial charge in [-0.25, -0.2) is 4.79 Å². The van der Waals surface area contributed by atoms with Crippen molar-refractivity contribution < 1.29 is 14.3 Å². The van der Waals surface area contributed by atoms with Gasteiger partial charge in [0.2, 0.25) is 5.91 Å². The molecule has 0 aliphatic carbocycles. The molecule has 17 heavy (non-hydrogen) atoms. The first-order valence-electron chi connectivity index (χ1n) is 5.69. The third-order valence-electron chi connectivity index (χ3n) is 1.69. The van der Waals surface area contributed by atoms with Gasteiger partial charge in [0.15, 0.2) is 0 Å². The molecular weight excluding hydrogens is 220 g/mol. The van der Waals surface area contributed by atoms with Gasteiger partial charge in [0, 0.05) is 19.5 Å². The van der Waals surface area contributed by atoms with Crippen LogP contribution in [-0.2, 0) is 9.53 Å². The van der Waals surface area contributed by atoms with E-state index < -0.39 is 11.7 Å². The predicted molar refractivity (Wildman–Crippen MR) is 66.7 cm³/mol. The molecule has 0 saturated carbocycles. The number of alkyl carbamates (subject to hydrolysis) is 1. The Morgan fingerprint density at radius 2 is 1.94 bits per heavy atom. The Morgan fingerprint density at radius 1 is 1.29 bits per heavy atom. The summed E-state index contributed by atoms with van der Waals surface area (Å²) in [6.45, 7) is 9.80. The van der Waals surface area contributed by atoms with E-state index in [0.29, 0.717) is 25.9 Å². The number of carbonyl (C=O) groups excluding carboxylic acids is 2. The zero-order valence-corrected chi connectivity index (χ0v) is 10.8. The Bertz CT molecular complexity index is 269. The third kappa shape index (κ3) is 10.8. The van der Waals surface area contributed by atoms with Crippen LogP contribution in [0.1, 0.15) is 33.6 Å². The summed E-state index contributed by atoms with van der Waals surface area (Å²) in [5.74, 6) is -0.0455. The lowest BCUT2D eigenvalue weighted by molar-refractivity contribution is -0.120. The first-order valence-corrected chi connectivity index (χ1v) is 5.69. The second-order valence-electron chi connectivity index (χ2n) is 4.62. The van der Waals surface area contributed by atoms with E-state index in [1.165, 1.54) is 0 Å². The van der Waals surface area contributed by atoms with Crippen LogP contribution in [0.5, 0.6) is 0 Å². The normalized spacial score (nSPS) is 10.5. The summed E-state index contributed by atoms with van der Waals surface area (Å²) in [7, 11) is 0. The number of rotatable bonds is 6. The zero-order valence-electron chi connectivity index (χ0n) is 10.8. The average Bonchev–Trinajstić information content (AvgIpc) is 2.19. The smallest absolute Gasteiger partial charge is 0.407 e. The summed E-state index contributed by atoms with van der Waals surface area (Å²) in [5.41, 5.74) is -0.495. The second-order valence-corrected chi connectivity index (χ2v) is 4.62. The van der Waals surface area contributed by atoms with Gasteiger partial charge in [-0.2, -0.15) is 0 Å². The fourth-order valence-electron chi connectivity index (χ4n) is 1.03. The van der Waals surface area contributed by atoms with Crippen LogP contribution in [0.2, 0.25) is 0 Å². The van der Waals surface area contributed by atoms with Crippen molar-refractivity contribution in [2.24, 2.45) is 0 Å². The minimum absolute atomic E-state index is 0.0455. The molecule has 0 aromatic rings. The quantitative estimate of drug-likeness (QED) is 0.549. The minimum Gasteiger partial charge on any atom is -0.444 e. The lowest BCUT2D eigenvalue weighted by atomic mass is 10.2. The average molecular weight is 242 g/mol. The van der Waals surface area contributed by atoms with Crippen LogP contribution in [0.3, 0.4) is 0 Å². The highest BCUT2D eigenvalue weighted by molar-refractivity contribution is 5.76. The molecule has 0 heterocycles. The van der Waals surface area contributed by atoms with E-state index in [1.807, 2.05) is 0 Å². The van der Waals surface area contributed by atoms with Crippen molar-refractivity contribution in [1.82, 2.24) is 10.6 Å². The molecule has 0 atom stereocenters. The van der Waals surface area contributed by atoms with E-state index in [4.69, 9.17) is 4.74 Å². The van der Waals surface area contributed by atoms with Crippen LogP contribution >= 0.6 is 0 Å². The largest absolute Gasteiger partial charge is 0.444 e. The summed E-state index contributed by atoms with van der Waals surface area (Å²) in [4.78, 5) is 22.4. The zero-order chi connectivity index (χ0) is 13.3. The first-order chi connectivity index (χ1) is 7.85. The number of amides is 2. The van der Waals surface area contributed by atoms with E-state index in [0.717, 1.165) is 0 Å². The van der Waals surface area contributed by atoms with Gasteiger partial charge in [0.05, 0.1) is 0 Å². The predicted octanol–water partition coefficient (Wildman–Crippen LogP) is 1.59. The third-order valence-corrected chi connectivity index (χ3v) is 1.69. The number of hydrogen-bond acceptors (Lipinski definition) is 3. The summed E-state index contributed by atoms with van der Waals surface area (Å²) < 4.78 is 5.05. The number of carbonyl (C=O) groups is 2. The molecule has 0 aliphatic rings. The summed E-state index contributed by atoms with van der Waals surface area (Å²) in [5, 5.41) is 5.25. The first kappa shape index (κ1) is 15.5.